The Kier molecular flexibility index (Phi) is 3.00. The number of likely N-dealkylation sites (tertiary alicyclic amines) is 1. The first kappa shape index (κ1) is 12.8. The van der Waals surface area contributed by atoms with Crippen LogP contribution < -0.4 is 0 Å². The molecule has 5 nitrogen and oxygen atoms in total. The van der Waals surface area contributed by atoms with Gasteiger partial charge in [0.1, 0.15) is 0 Å². The summed E-state index contributed by atoms with van der Waals surface area (Å²) in [5.74, 6) is -3.99. The lowest BCUT2D eigenvalue weighted by molar-refractivity contribution is -0.151. The summed E-state index contributed by atoms with van der Waals surface area (Å²) in [5.41, 5.74) is 0. The van der Waals surface area contributed by atoms with E-state index < -0.39 is 23.7 Å². The van der Waals surface area contributed by atoms with Gasteiger partial charge in [-0.1, -0.05) is 19.1 Å². The van der Waals surface area contributed by atoms with E-state index in [1.807, 2.05) is 0 Å². The minimum Gasteiger partial charge on any atom is -0.481 e. The molecule has 2 aliphatic rings. The van der Waals surface area contributed by atoms with Crippen molar-refractivity contribution in [3.63, 3.8) is 0 Å². The number of allylic oxidation sites excluding steroid dienone is 1. The highest BCUT2D eigenvalue weighted by atomic mass is 16.4. The maximum atomic E-state index is 12.3. The van der Waals surface area contributed by atoms with Gasteiger partial charge in [-0.15, -0.1) is 0 Å². The Bertz CT molecular complexity index is 440. The van der Waals surface area contributed by atoms with Gasteiger partial charge in [0.15, 0.2) is 0 Å². The number of imide groups is 1. The number of aliphatic carboxylic acids is 1. The number of fused-ring (bicyclic) bond motifs is 1. The highest BCUT2D eigenvalue weighted by Gasteiger charge is 2.55. The molecule has 0 saturated carbocycles. The molecule has 18 heavy (non-hydrogen) atoms. The predicted octanol–water partition coefficient (Wildman–Crippen LogP) is 0.903. The first-order chi connectivity index (χ1) is 8.36. The highest BCUT2D eigenvalue weighted by Crippen LogP contribution is 2.41. The molecule has 0 spiro atoms. The van der Waals surface area contributed by atoms with Crippen molar-refractivity contribution in [3.8, 4) is 0 Å². The predicted molar refractivity (Wildman–Crippen MR) is 63.4 cm³/mol. The van der Waals surface area contributed by atoms with E-state index in [2.05, 4.69) is 0 Å². The van der Waals surface area contributed by atoms with Crippen LogP contribution in [0.5, 0.6) is 0 Å². The Morgan fingerprint density at radius 2 is 1.89 bits per heavy atom. The van der Waals surface area contributed by atoms with E-state index in [4.69, 9.17) is 0 Å². The van der Waals surface area contributed by atoms with E-state index in [1.54, 1.807) is 32.9 Å². The molecule has 98 valence electrons. The summed E-state index contributed by atoms with van der Waals surface area (Å²) in [4.78, 5) is 36.9. The van der Waals surface area contributed by atoms with Crippen LogP contribution in [-0.4, -0.2) is 33.8 Å². The second-order valence-electron chi connectivity index (χ2n) is 5.30. The third-order valence-corrected chi connectivity index (χ3v) is 3.81. The van der Waals surface area contributed by atoms with Crippen molar-refractivity contribution in [2.75, 3.05) is 0 Å². The van der Waals surface area contributed by atoms with E-state index in [1.165, 1.54) is 4.90 Å². The van der Waals surface area contributed by atoms with Gasteiger partial charge in [0.25, 0.3) is 0 Å². The van der Waals surface area contributed by atoms with Crippen LogP contribution in [0.2, 0.25) is 0 Å². The fourth-order valence-electron chi connectivity index (χ4n) is 2.95. The lowest BCUT2D eigenvalue weighted by Crippen LogP contribution is -2.40. The van der Waals surface area contributed by atoms with E-state index in [0.717, 1.165) is 0 Å². The molecule has 2 amide bonds. The molecule has 1 saturated heterocycles. The molecule has 1 fully saturated rings. The zero-order valence-electron chi connectivity index (χ0n) is 10.7. The zero-order chi connectivity index (χ0) is 13.6. The molecule has 2 rings (SSSR count). The Balaban J connectivity index is 2.43. The topological polar surface area (TPSA) is 74.7 Å². The highest BCUT2D eigenvalue weighted by molar-refractivity contribution is 6.08. The van der Waals surface area contributed by atoms with Gasteiger partial charge in [-0.25, -0.2) is 0 Å². The van der Waals surface area contributed by atoms with E-state index in [9.17, 15) is 19.5 Å². The molecule has 0 aromatic rings. The summed E-state index contributed by atoms with van der Waals surface area (Å²) in [6.07, 6.45) is 3.42. The normalized spacial score (nSPS) is 35.2. The minimum absolute atomic E-state index is 0.228. The van der Waals surface area contributed by atoms with Gasteiger partial charge < -0.3 is 5.11 Å². The number of carboxylic acids is 1. The summed E-state index contributed by atoms with van der Waals surface area (Å²) in [6, 6.07) is -0.228. The van der Waals surface area contributed by atoms with E-state index >= 15 is 0 Å². The van der Waals surface area contributed by atoms with Crippen molar-refractivity contribution in [1.29, 1.82) is 0 Å². The van der Waals surface area contributed by atoms with Crippen molar-refractivity contribution in [1.82, 2.24) is 4.90 Å². The molecular weight excluding hydrogens is 234 g/mol. The fourth-order valence-corrected chi connectivity index (χ4v) is 2.95. The van der Waals surface area contributed by atoms with Crippen molar-refractivity contribution < 1.29 is 19.5 Å². The lowest BCUT2D eigenvalue weighted by Gasteiger charge is -2.28. The van der Waals surface area contributed by atoms with Gasteiger partial charge in [0.2, 0.25) is 11.8 Å². The van der Waals surface area contributed by atoms with Crippen LogP contribution in [-0.2, 0) is 14.4 Å². The fraction of sp³-hybridized carbons (Fsp3) is 0.615. The van der Waals surface area contributed by atoms with Crippen LogP contribution in [0.25, 0.3) is 0 Å². The quantitative estimate of drug-likeness (QED) is 0.584. The average Bonchev–Trinajstić information content (AvgIpc) is 2.50. The van der Waals surface area contributed by atoms with Crippen LogP contribution in [0.3, 0.4) is 0 Å². The van der Waals surface area contributed by atoms with Crippen molar-refractivity contribution in [3.05, 3.63) is 12.2 Å². The molecule has 0 aromatic heterocycles. The van der Waals surface area contributed by atoms with Crippen LogP contribution in [0, 0.1) is 23.7 Å². The van der Waals surface area contributed by atoms with Crippen molar-refractivity contribution >= 4 is 17.8 Å². The van der Waals surface area contributed by atoms with E-state index in [0.29, 0.717) is 0 Å². The van der Waals surface area contributed by atoms with Gasteiger partial charge in [0, 0.05) is 6.04 Å². The third kappa shape index (κ3) is 1.65. The smallest absolute Gasteiger partial charge is 0.307 e. The number of carboxylic acid groups (broad SMARTS) is 1. The molecule has 1 N–H and O–H groups in total. The number of hydrogen-bond donors (Lipinski definition) is 1. The summed E-state index contributed by atoms with van der Waals surface area (Å²) < 4.78 is 0. The van der Waals surface area contributed by atoms with Crippen LogP contribution in [0.15, 0.2) is 12.2 Å². The van der Waals surface area contributed by atoms with Gasteiger partial charge >= 0.3 is 5.97 Å². The Labute approximate surface area is 105 Å². The SMILES string of the molecule is CC(C)N1C(=O)[C@H]2[C@H](C(=O)O)[C@H](C)C=C[C@@H]2C1=O. The lowest BCUT2D eigenvalue weighted by atomic mass is 9.72. The van der Waals surface area contributed by atoms with Gasteiger partial charge in [-0.05, 0) is 19.8 Å². The molecule has 0 bridgehead atoms. The number of nitrogens with zero attached hydrogens (tertiary/aromatic N) is 1. The van der Waals surface area contributed by atoms with Crippen LogP contribution in [0.4, 0.5) is 0 Å². The Hall–Kier alpha value is -1.65. The second kappa shape index (κ2) is 4.23. The van der Waals surface area contributed by atoms with Gasteiger partial charge in [-0.3, -0.25) is 19.3 Å². The molecule has 0 unspecified atom stereocenters. The molecule has 1 aliphatic carbocycles. The summed E-state index contributed by atoms with van der Waals surface area (Å²) in [7, 11) is 0. The molecule has 0 radical (unpaired) electrons. The largest absolute Gasteiger partial charge is 0.481 e. The first-order valence-corrected chi connectivity index (χ1v) is 6.14. The van der Waals surface area contributed by atoms with E-state index in [-0.39, 0.29) is 23.8 Å². The molecular formula is C13H17NO4. The Morgan fingerprint density at radius 3 is 2.39 bits per heavy atom. The molecule has 1 heterocycles. The monoisotopic (exact) mass is 251 g/mol. The molecule has 4 atom stereocenters. The molecule has 1 aliphatic heterocycles. The van der Waals surface area contributed by atoms with Crippen LogP contribution in [0.1, 0.15) is 20.8 Å². The maximum Gasteiger partial charge on any atom is 0.307 e. The third-order valence-electron chi connectivity index (χ3n) is 3.81. The number of carbonyl (C=O) groups is 3. The minimum atomic E-state index is -1.01. The Morgan fingerprint density at radius 1 is 1.28 bits per heavy atom. The number of amides is 2. The summed E-state index contributed by atoms with van der Waals surface area (Å²) in [6.45, 7) is 5.29. The average molecular weight is 251 g/mol. The first-order valence-electron chi connectivity index (χ1n) is 6.14. The zero-order valence-corrected chi connectivity index (χ0v) is 10.7. The van der Waals surface area contributed by atoms with Crippen LogP contribution >= 0.6 is 0 Å². The number of hydrogen-bond acceptors (Lipinski definition) is 3. The van der Waals surface area contributed by atoms with Gasteiger partial charge in [-0.2, -0.15) is 0 Å². The molecule has 5 heteroatoms. The summed E-state index contributed by atoms with van der Waals surface area (Å²) >= 11 is 0. The number of rotatable bonds is 2. The van der Waals surface area contributed by atoms with Gasteiger partial charge in [0.05, 0.1) is 17.8 Å². The maximum absolute atomic E-state index is 12.3. The standard InChI is InChI=1S/C13H17NO4/c1-6(2)14-11(15)8-5-4-7(3)9(13(17)18)10(8)12(14)16/h4-10H,1-3H3,(H,17,18)/t7-,8+,9-,10-/m1/s1. The second-order valence-corrected chi connectivity index (χ2v) is 5.30. The van der Waals surface area contributed by atoms with Crippen molar-refractivity contribution in [2.24, 2.45) is 23.7 Å². The number of carbonyl (C=O) groups excluding carboxylic acids is 2. The van der Waals surface area contributed by atoms with Crippen molar-refractivity contribution in [2.45, 2.75) is 26.8 Å². The summed E-state index contributed by atoms with van der Waals surface area (Å²) in [5, 5.41) is 9.27. The molecule has 0 aromatic carbocycles.